The van der Waals surface area contributed by atoms with Crippen LogP contribution in [0.4, 0.5) is 0 Å². The highest BCUT2D eigenvalue weighted by atomic mass is 32.1. The quantitative estimate of drug-likeness (QED) is 0.530. The summed E-state index contributed by atoms with van der Waals surface area (Å²) < 4.78 is 8.51. The second kappa shape index (κ2) is 7.68. The van der Waals surface area contributed by atoms with Gasteiger partial charge in [-0.2, -0.15) is 0 Å². The smallest absolute Gasteiger partial charge is 0.268 e. The number of ether oxygens (including phenoxy) is 1. The average Bonchev–Trinajstić information content (AvgIpc) is 3.30. The molecule has 0 bridgehead atoms. The third kappa shape index (κ3) is 3.73. The summed E-state index contributed by atoms with van der Waals surface area (Å²) >= 11 is 1.65. The van der Waals surface area contributed by atoms with Crippen LogP contribution in [-0.4, -0.2) is 17.6 Å². The minimum atomic E-state index is -0.0647. The molecular formula is C22H20N2O2S. The number of hydrogen-bond acceptors (Lipinski definition) is 3. The fraction of sp³-hybridized carbons (Fsp3) is 0.136. The summed E-state index contributed by atoms with van der Waals surface area (Å²) in [6.45, 7) is 1.13. The van der Waals surface area contributed by atoms with Gasteiger partial charge < -0.3 is 14.6 Å². The van der Waals surface area contributed by atoms with Gasteiger partial charge in [-0.05, 0) is 40.8 Å². The minimum absolute atomic E-state index is 0.0647. The lowest BCUT2D eigenvalue weighted by Crippen LogP contribution is -2.25. The summed E-state index contributed by atoms with van der Waals surface area (Å²) in [4.78, 5) is 12.9. The molecule has 2 aromatic carbocycles. The van der Waals surface area contributed by atoms with Crippen molar-refractivity contribution in [1.29, 1.82) is 0 Å². The summed E-state index contributed by atoms with van der Waals surface area (Å²) in [5.74, 6) is 0.751. The number of carbonyl (C=O) groups excluding carboxylic acids is 1. The molecule has 0 saturated heterocycles. The van der Waals surface area contributed by atoms with Gasteiger partial charge in [-0.1, -0.05) is 42.5 Å². The Labute approximate surface area is 162 Å². The van der Waals surface area contributed by atoms with Gasteiger partial charge in [0.1, 0.15) is 11.4 Å². The Morgan fingerprint density at radius 2 is 1.85 bits per heavy atom. The average molecular weight is 376 g/mol. The molecule has 0 fully saturated rings. The van der Waals surface area contributed by atoms with Gasteiger partial charge in [-0.15, -0.1) is 11.3 Å². The van der Waals surface area contributed by atoms with Crippen LogP contribution in [0.3, 0.4) is 0 Å². The van der Waals surface area contributed by atoms with E-state index in [0.29, 0.717) is 18.8 Å². The number of rotatable bonds is 6. The Morgan fingerprint density at radius 3 is 2.67 bits per heavy atom. The molecule has 4 aromatic rings. The summed E-state index contributed by atoms with van der Waals surface area (Å²) in [5, 5.41) is 5.09. The number of benzene rings is 2. The number of nitrogens with zero attached hydrogens (tertiary/aromatic N) is 1. The third-order valence-corrected chi connectivity index (χ3v) is 5.38. The number of hydrogen-bond donors (Lipinski definition) is 1. The first kappa shape index (κ1) is 17.4. The minimum Gasteiger partial charge on any atom is -0.497 e. The van der Waals surface area contributed by atoms with E-state index in [-0.39, 0.29) is 5.91 Å². The Bertz CT molecular complexity index is 1070. The van der Waals surface area contributed by atoms with Crippen LogP contribution in [0.1, 0.15) is 21.6 Å². The van der Waals surface area contributed by atoms with Crippen molar-refractivity contribution in [3.05, 3.63) is 88.9 Å². The number of amides is 1. The first-order chi connectivity index (χ1) is 13.2. The van der Waals surface area contributed by atoms with Crippen molar-refractivity contribution < 1.29 is 9.53 Å². The lowest BCUT2D eigenvalue weighted by Gasteiger charge is -2.12. The number of nitrogens with one attached hydrogen (secondary N) is 1. The van der Waals surface area contributed by atoms with Gasteiger partial charge in [0.05, 0.1) is 17.3 Å². The van der Waals surface area contributed by atoms with Crippen LogP contribution < -0.4 is 10.1 Å². The van der Waals surface area contributed by atoms with Gasteiger partial charge in [0.15, 0.2) is 0 Å². The predicted octanol–water partition coefficient (Wildman–Crippen LogP) is 4.69. The fourth-order valence-electron chi connectivity index (χ4n) is 3.16. The van der Waals surface area contributed by atoms with Gasteiger partial charge in [-0.25, -0.2) is 0 Å². The zero-order valence-corrected chi connectivity index (χ0v) is 15.8. The van der Waals surface area contributed by atoms with Crippen molar-refractivity contribution in [2.24, 2.45) is 0 Å². The van der Waals surface area contributed by atoms with Crippen LogP contribution in [0.5, 0.6) is 5.75 Å². The maximum Gasteiger partial charge on any atom is 0.268 e. The molecule has 2 heterocycles. The van der Waals surface area contributed by atoms with Gasteiger partial charge >= 0.3 is 0 Å². The first-order valence-electron chi connectivity index (χ1n) is 8.76. The molecule has 4 rings (SSSR count). The van der Waals surface area contributed by atoms with E-state index in [1.54, 1.807) is 18.4 Å². The number of aromatic nitrogens is 1. The Kier molecular flexibility index (Phi) is 4.94. The molecule has 4 nitrogen and oxygen atoms in total. The van der Waals surface area contributed by atoms with Crippen molar-refractivity contribution in [2.45, 2.75) is 13.1 Å². The van der Waals surface area contributed by atoms with E-state index >= 15 is 0 Å². The molecule has 0 unspecified atom stereocenters. The van der Waals surface area contributed by atoms with E-state index in [0.717, 1.165) is 27.1 Å². The zero-order valence-electron chi connectivity index (χ0n) is 15.0. The normalized spacial score (nSPS) is 10.9. The lowest BCUT2D eigenvalue weighted by atomic mass is 10.2. The van der Waals surface area contributed by atoms with Gasteiger partial charge in [0, 0.05) is 13.1 Å². The second-order valence-corrected chi connectivity index (χ2v) is 7.25. The number of fused-ring (bicyclic) bond motifs is 1. The Balaban J connectivity index is 1.61. The van der Waals surface area contributed by atoms with Crippen molar-refractivity contribution in [1.82, 2.24) is 9.88 Å². The van der Waals surface area contributed by atoms with Crippen molar-refractivity contribution in [3.8, 4) is 5.75 Å². The third-order valence-electron chi connectivity index (χ3n) is 4.53. The second-order valence-electron chi connectivity index (χ2n) is 6.31. The fourth-order valence-corrected chi connectivity index (χ4v) is 3.98. The highest BCUT2D eigenvalue weighted by molar-refractivity contribution is 7.17. The lowest BCUT2D eigenvalue weighted by molar-refractivity contribution is 0.0942. The van der Waals surface area contributed by atoms with Gasteiger partial charge in [0.2, 0.25) is 0 Å². The summed E-state index contributed by atoms with van der Waals surface area (Å²) in [5.41, 5.74) is 3.93. The van der Waals surface area contributed by atoms with E-state index in [2.05, 4.69) is 21.3 Å². The first-order valence-corrected chi connectivity index (χ1v) is 9.64. The van der Waals surface area contributed by atoms with Gasteiger partial charge in [-0.3, -0.25) is 4.79 Å². The molecule has 0 aliphatic rings. The molecule has 1 N–H and O–H groups in total. The number of methoxy groups -OCH3 is 1. The monoisotopic (exact) mass is 376 g/mol. The van der Waals surface area contributed by atoms with Gasteiger partial charge in [0.25, 0.3) is 5.91 Å². The van der Waals surface area contributed by atoms with E-state index < -0.39 is 0 Å². The highest BCUT2D eigenvalue weighted by Crippen LogP contribution is 2.27. The van der Waals surface area contributed by atoms with Crippen LogP contribution in [0.25, 0.3) is 10.2 Å². The predicted molar refractivity (Wildman–Crippen MR) is 110 cm³/mol. The summed E-state index contributed by atoms with van der Waals surface area (Å²) in [6, 6.07) is 21.9. The summed E-state index contributed by atoms with van der Waals surface area (Å²) in [7, 11) is 1.66. The molecule has 0 atom stereocenters. The van der Waals surface area contributed by atoms with Crippen molar-refractivity contribution in [2.75, 3.05) is 7.11 Å². The molecular weight excluding hydrogens is 356 g/mol. The Morgan fingerprint density at radius 1 is 1.04 bits per heavy atom. The topological polar surface area (TPSA) is 43.3 Å². The van der Waals surface area contributed by atoms with E-state index in [4.69, 9.17) is 4.74 Å². The maximum atomic E-state index is 12.9. The maximum absolute atomic E-state index is 12.9. The van der Waals surface area contributed by atoms with Crippen molar-refractivity contribution in [3.63, 3.8) is 0 Å². The van der Waals surface area contributed by atoms with E-state index in [1.165, 1.54) is 0 Å². The number of thiophene rings is 1. The summed E-state index contributed by atoms with van der Waals surface area (Å²) in [6.07, 6.45) is 0. The molecule has 5 heteroatoms. The molecule has 1 amide bonds. The molecule has 2 aromatic heterocycles. The number of carbonyl (C=O) groups is 1. The van der Waals surface area contributed by atoms with Crippen LogP contribution in [-0.2, 0) is 13.1 Å². The molecule has 136 valence electrons. The van der Waals surface area contributed by atoms with E-state index in [1.807, 2.05) is 60.7 Å². The van der Waals surface area contributed by atoms with Crippen LogP contribution >= 0.6 is 11.3 Å². The zero-order chi connectivity index (χ0) is 18.6. The largest absolute Gasteiger partial charge is 0.497 e. The Hall–Kier alpha value is -3.05. The van der Waals surface area contributed by atoms with Crippen molar-refractivity contribution >= 4 is 27.5 Å². The van der Waals surface area contributed by atoms with Crippen LogP contribution in [0.2, 0.25) is 0 Å². The molecule has 27 heavy (non-hydrogen) atoms. The van der Waals surface area contributed by atoms with E-state index in [9.17, 15) is 4.79 Å². The molecule has 0 saturated carbocycles. The van der Waals surface area contributed by atoms with Crippen LogP contribution in [0.15, 0.2) is 72.1 Å². The molecule has 0 aliphatic heterocycles. The van der Waals surface area contributed by atoms with Crippen LogP contribution in [0, 0.1) is 0 Å². The standard InChI is InChI=1S/C22H20N2O2S/c1-26-18-9-5-8-17(12-18)15-24-19-10-11-27-21(19)13-20(24)22(25)23-14-16-6-3-2-4-7-16/h2-13H,14-15H2,1H3,(H,23,25). The molecule has 0 aliphatic carbocycles. The highest BCUT2D eigenvalue weighted by Gasteiger charge is 2.16. The SMILES string of the molecule is COc1cccc(Cn2c(C(=O)NCc3ccccc3)cc3sccc32)c1. The molecule has 0 spiro atoms. The molecule has 0 radical (unpaired) electrons.